The molecule has 0 amide bonds. The highest BCUT2D eigenvalue weighted by Crippen LogP contribution is 2.31. The van der Waals surface area contributed by atoms with Gasteiger partial charge in [-0.3, -0.25) is 4.98 Å². The molecule has 1 aliphatic carbocycles. The second kappa shape index (κ2) is 2.82. The third kappa shape index (κ3) is 1.14. The summed E-state index contributed by atoms with van der Waals surface area (Å²) in [6.45, 7) is 0. The maximum absolute atomic E-state index is 5.81. The van der Waals surface area contributed by atoms with Gasteiger partial charge in [0.25, 0.3) is 0 Å². The average molecular weight is 168 g/mol. The second-order valence-corrected chi connectivity index (χ2v) is 3.24. The van der Waals surface area contributed by atoms with Crippen molar-refractivity contribution in [1.29, 1.82) is 0 Å². The standard InChI is InChI=1S/C9H10ClN/c10-6-7-3-4-9-8(7)2-1-5-11-9/h1-2,5,7H,3-4,6H2. The van der Waals surface area contributed by atoms with Crippen LogP contribution in [-0.2, 0) is 6.42 Å². The summed E-state index contributed by atoms with van der Waals surface area (Å²) in [6.07, 6.45) is 4.14. The lowest BCUT2D eigenvalue weighted by Crippen LogP contribution is -1.94. The summed E-state index contributed by atoms with van der Waals surface area (Å²) in [5.41, 5.74) is 2.61. The van der Waals surface area contributed by atoms with E-state index in [1.54, 1.807) is 0 Å². The molecule has 0 aliphatic heterocycles. The lowest BCUT2D eigenvalue weighted by Gasteiger charge is -2.04. The maximum Gasteiger partial charge on any atom is 0.0439 e. The van der Waals surface area contributed by atoms with Crippen molar-refractivity contribution in [3.8, 4) is 0 Å². The van der Waals surface area contributed by atoms with Gasteiger partial charge in [-0.2, -0.15) is 0 Å². The highest BCUT2D eigenvalue weighted by Gasteiger charge is 2.21. The predicted molar refractivity (Wildman–Crippen MR) is 46.0 cm³/mol. The molecule has 2 rings (SSSR count). The summed E-state index contributed by atoms with van der Waals surface area (Å²) < 4.78 is 0. The van der Waals surface area contributed by atoms with Crippen molar-refractivity contribution in [2.75, 3.05) is 5.88 Å². The monoisotopic (exact) mass is 167 g/mol. The van der Waals surface area contributed by atoms with Gasteiger partial charge >= 0.3 is 0 Å². The van der Waals surface area contributed by atoms with Gasteiger partial charge in [-0.05, 0) is 30.4 Å². The molecule has 1 aliphatic rings. The number of rotatable bonds is 1. The summed E-state index contributed by atoms with van der Waals surface area (Å²) in [4.78, 5) is 4.30. The topological polar surface area (TPSA) is 12.9 Å². The van der Waals surface area contributed by atoms with E-state index in [4.69, 9.17) is 11.6 Å². The maximum atomic E-state index is 5.81. The molecule has 11 heavy (non-hydrogen) atoms. The molecule has 58 valence electrons. The number of hydrogen-bond donors (Lipinski definition) is 0. The third-order valence-corrected chi connectivity index (χ3v) is 2.65. The molecule has 1 atom stereocenters. The van der Waals surface area contributed by atoms with Crippen molar-refractivity contribution in [2.45, 2.75) is 18.8 Å². The van der Waals surface area contributed by atoms with Crippen molar-refractivity contribution in [1.82, 2.24) is 4.98 Å². The summed E-state index contributed by atoms with van der Waals surface area (Å²) in [6, 6.07) is 4.13. The van der Waals surface area contributed by atoms with Gasteiger partial charge < -0.3 is 0 Å². The van der Waals surface area contributed by atoms with Crippen molar-refractivity contribution in [3.63, 3.8) is 0 Å². The van der Waals surface area contributed by atoms with E-state index in [-0.39, 0.29) is 0 Å². The predicted octanol–water partition coefficient (Wildman–Crippen LogP) is 2.35. The number of hydrogen-bond acceptors (Lipinski definition) is 1. The van der Waals surface area contributed by atoms with Crippen LogP contribution < -0.4 is 0 Å². The first-order chi connectivity index (χ1) is 5.42. The first kappa shape index (κ1) is 7.11. The molecule has 0 N–H and O–H groups in total. The van der Waals surface area contributed by atoms with Crippen LogP contribution in [0.1, 0.15) is 23.6 Å². The van der Waals surface area contributed by atoms with Crippen LogP contribution in [0.3, 0.4) is 0 Å². The Morgan fingerprint density at radius 1 is 1.64 bits per heavy atom. The van der Waals surface area contributed by atoms with Gasteiger partial charge in [-0.1, -0.05) is 6.07 Å². The third-order valence-electron chi connectivity index (χ3n) is 2.28. The Hall–Kier alpha value is -0.560. The van der Waals surface area contributed by atoms with E-state index in [0.717, 1.165) is 12.3 Å². The van der Waals surface area contributed by atoms with Crippen LogP contribution in [0.5, 0.6) is 0 Å². The molecule has 0 saturated carbocycles. The Balaban J connectivity index is 2.39. The van der Waals surface area contributed by atoms with Gasteiger partial charge in [-0.25, -0.2) is 0 Å². The largest absolute Gasteiger partial charge is 0.261 e. The molecular formula is C9H10ClN. The Bertz CT molecular complexity index is 259. The van der Waals surface area contributed by atoms with Gasteiger partial charge in [0.2, 0.25) is 0 Å². The number of pyridine rings is 1. The quantitative estimate of drug-likeness (QED) is 0.586. The van der Waals surface area contributed by atoms with Crippen molar-refractivity contribution in [3.05, 3.63) is 29.6 Å². The average Bonchev–Trinajstić information content (AvgIpc) is 2.47. The van der Waals surface area contributed by atoms with Gasteiger partial charge in [0.1, 0.15) is 0 Å². The van der Waals surface area contributed by atoms with Crippen molar-refractivity contribution >= 4 is 11.6 Å². The van der Waals surface area contributed by atoms with Crippen LogP contribution in [0.2, 0.25) is 0 Å². The fourth-order valence-electron chi connectivity index (χ4n) is 1.66. The van der Waals surface area contributed by atoms with Crippen LogP contribution in [0.15, 0.2) is 18.3 Å². The molecule has 1 nitrogen and oxygen atoms in total. The van der Waals surface area contributed by atoms with Crippen LogP contribution in [0.25, 0.3) is 0 Å². The highest BCUT2D eigenvalue weighted by atomic mass is 35.5. The molecule has 1 heterocycles. The lowest BCUT2D eigenvalue weighted by molar-refractivity contribution is 0.752. The molecular weight excluding hydrogens is 158 g/mol. The molecule has 0 fully saturated rings. The minimum Gasteiger partial charge on any atom is -0.261 e. The Kier molecular flexibility index (Phi) is 1.82. The molecule has 1 unspecified atom stereocenters. The van der Waals surface area contributed by atoms with Crippen LogP contribution >= 0.6 is 11.6 Å². The Labute approximate surface area is 71.4 Å². The molecule has 0 spiro atoms. The van der Waals surface area contributed by atoms with Crippen LogP contribution in [0.4, 0.5) is 0 Å². The first-order valence-electron chi connectivity index (χ1n) is 3.91. The second-order valence-electron chi connectivity index (χ2n) is 2.93. The minimum atomic E-state index is 0.556. The van der Waals surface area contributed by atoms with Gasteiger partial charge in [-0.15, -0.1) is 11.6 Å². The molecule has 2 heteroatoms. The van der Waals surface area contributed by atoms with Crippen molar-refractivity contribution < 1.29 is 0 Å². The summed E-state index contributed by atoms with van der Waals surface area (Å²) in [5.74, 6) is 1.29. The first-order valence-corrected chi connectivity index (χ1v) is 4.45. The molecule has 1 aromatic rings. The lowest BCUT2D eigenvalue weighted by atomic mass is 10.1. The van der Waals surface area contributed by atoms with E-state index >= 15 is 0 Å². The normalized spacial score (nSPS) is 21.7. The van der Waals surface area contributed by atoms with E-state index in [2.05, 4.69) is 11.1 Å². The molecule has 0 radical (unpaired) electrons. The molecule has 0 saturated heterocycles. The van der Waals surface area contributed by atoms with E-state index < -0.39 is 0 Å². The zero-order valence-corrected chi connectivity index (χ0v) is 7.01. The number of aromatic nitrogens is 1. The van der Waals surface area contributed by atoms with E-state index in [1.807, 2.05) is 12.3 Å². The highest BCUT2D eigenvalue weighted by molar-refractivity contribution is 6.18. The SMILES string of the molecule is ClCC1CCc2ncccc21. The fraction of sp³-hybridized carbons (Fsp3) is 0.444. The minimum absolute atomic E-state index is 0.556. The molecule has 0 bridgehead atoms. The van der Waals surface area contributed by atoms with Gasteiger partial charge in [0, 0.05) is 17.8 Å². The fourth-order valence-corrected chi connectivity index (χ4v) is 1.98. The number of alkyl halides is 1. The smallest absolute Gasteiger partial charge is 0.0439 e. The summed E-state index contributed by atoms with van der Waals surface area (Å²) in [5, 5.41) is 0. The summed E-state index contributed by atoms with van der Waals surface area (Å²) in [7, 11) is 0. The number of nitrogens with zero attached hydrogens (tertiary/aromatic N) is 1. The van der Waals surface area contributed by atoms with Gasteiger partial charge in [0.15, 0.2) is 0 Å². The van der Waals surface area contributed by atoms with E-state index in [9.17, 15) is 0 Å². The van der Waals surface area contributed by atoms with Crippen LogP contribution in [0, 0.1) is 0 Å². The summed E-state index contributed by atoms with van der Waals surface area (Å²) >= 11 is 5.81. The Morgan fingerprint density at radius 2 is 2.55 bits per heavy atom. The van der Waals surface area contributed by atoms with E-state index in [0.29, 0.717) is 5.92 Å². The Morgan fingerprint density at radius 3 is 3.36 bits per heavy atom. The number of aryl methyl sites for hydroxylation is 1. The number of halogens is 1. The van der Waals surface area contributed by atoms with E-state index in [1.165, 1.54) is 17.7 Å². The molecule has 0 aromatic carbocycles. The van der Waals surface area contributed by atoms with Crippen LogP contribution in [-0.4, -0.2) is 10.9 Å². The zero-order valence-electron chi connectivity index (χ0n) is 6.26. The van der Waals surface area contributed by atoms with Gasteiger partial charge in [0.05, 0.1) is 0 Å². The molecule has 1 aromatic heterocycles. The zero-order chi connectivity index (χ0) is 7.68. The van der Waals surface area contributed by atoms with Crippen molar-refractivity contribution in [2.24, 2.45) is 0 Å². The number of fused-ring (bicyclic) bond motifs is 1.